The molecule has 0 unspecified atom stereocenters. The maximum absolute atomic E-state index is 14.1. The van der Waals surface area contributed by atoms with Gasteiger partial charge in [-0.15, -0.1) is 0 Å². The SMILES string of the molecule is COc1ccccc1[C@@H]1C2=C(N=c3s/c(=C\c4ccc(OS(=O)(=O)c5ccc(C)c([N+](=O)[O-])c5)cc4)c(=O)n31)c1ccccc1CC2. The number of aryl methyl sites for hydroxylation is 2. The number of aromatic nitrogens is 1. The molecule has 12 heteroatoms. The molecule has 0 N–H and O–H groups in total. The highest BCUT2D eigenvalue weighted by Gasteiger charge is 2.34. The third kappa shape index (κ3) is 5.45. The molecule has 0 bridgehead atoms. The first kappa shape index (κ1) is 30.3. The van der Waals surface area contributed by atoms with E-state index in [9.17, 15) is 23.3 Å². The van der Waals surface area contributed by atoms with Crippen molar-refractivity contribution in [2.24, 2.45) is 4.99 Å². The van der Waals surface area contributed by atoms with E-state index in [0.717, 1.165) is 41.3 Å². The van der Waals surface area contributed by atoms with Crippen molar-refractivity contribution in [3.8, 4) is 11.5 Å². The fourth-order valence-corrected chi connectivity index (χ4v) is 8.03. The Balaban J connectivity index is 1.27. The second kappa shape index (κ2) is 11.8. The van der Waals surface area contributed by atoms with Crippen molar-refractivity contribution in [3.63, 3.8) is 0 Å². The molecule has 1 aromatic heterocycles. The molecular formula is C35H27N3O7S2. The molecule has 7 rings (SSSR count). The summed E-state index contributed by atoms with van der Waals surface area (Å²) in [6.45, 7) is 1.52. The molecule has 0 fully saturated rings. The summed E-state index contributed by atoms with van der Waals surface area (Å²) in [7, 11) is -2.71. The smallest absolute Gasteiger partial charge is 0.339 e. The minimum atomic E-state index is -4.33. The molecule has 5 aromatic rings. The lowest BCUT2D eigenvalue weighted by molar-refractivity contribution is -0.385. The van der Waals surface area contributed by atoms with Gasteiger partial charge in [-0.2, -0.15) is 8.42 Å². The topological polar surface area (TPSA) is 130 Å². The van der Waals surface area contributed by atoms with E-state index in [-0.39, 0.29) is 21.9 Å². The molecular weight excluding hydrogens is 639 g/mol. The number of fused-ring (bicyclic) bond motifs is 3. The number of para-hydroxylation sites is 1. The second-order valence-electron chi connectivity index (χ2n) is 11.2. The Morgan fingerprint density at radius 2 is 1.74 bits per heavy atom. The van der Waals surface area contributed by atoms with E-state index >= 15 is 0 Å². The van der Waals surface area contributed by atoms with Crippen LogP contribution in [0.1, 0.15) is 40.3 Å². The molecule has 0 spiro atoms. The minimum Gasteiger partial charge on any atom is -0.496 e. The maximum atomic E-state index is 14.1. The lowest BCUT2D eigenvalue weighted by atomic mass is 9.83. The second-order valence-corrected chi connectivity index (χ2v) is 13.7. The summed E-state index contributed by atoms with van der Waals surface area (Å²) in [5, 5.41) is 11.3. The number of nitro groups is 1. The van der Waals surface area contributed by atoms with Crippen molar-refractivity contribution in [1.82, 2.24) is 4.57 Å². The molecule has 4 aromatic carbocycles. The highest BCUT2D eigenvalue weighted by Crippen LogP contribution is 2.43. The predicted octanol–water partition coefficient (Wildman–Crippen LogP) is 5.31. The zero-order chi connectivity index (χ0) is 32.9. The largest absolute Gasteiger partial charge is 0.496 e. The number of nitro benzene ring substituents is 1. The van der Waals surface area contributed by atoms with E-state index in [4.69, 9.17) is 13.9 Å². The van der Waals surface area contributed by atoms with Gasteiger partial charge in [-0.05, 0) is 66.8 Å². The predicted molar refractivity (Wildman–Crippen MR) is 178 cm³/mol. The number of hydrogen-bond acceptors (Lipinski definition) is 9. The van der Waals surface area contributed by atoms with E-state index in [1.165, 1.54) is 48.1 Å². The summed E-state index contributed by atoms with van der Waals surface area (Å²) >= 11 is 1.29. The number of methoxy groups -OCH3 is 1. The number of nitrogens with zero attached hydrogens (tertiary/aromatic N) is 3. The van der Waals surface area contributed by atoms with Crippen LogP contribution in [0.25, 0.3) is 11.8 Å². The number of rotatable bonds is 7. The Labute approximate surface area is 273 Å². The summed E-state index contributed by atoms with van der Waals surface area (Å²) in [5.41, 5.74) is 5.59. The highest BCUT2D eigenvalue weighted by molar-refractivity contribution is 7.87. The van der Waals surface area contributed by atoms with Gasteiger partial charge in [0.15, 0.2) is 4.80 Å². The van der Waals surface area contributed by atoms with Crippen LogP contribution in [0.2, 0.25) is 0 Å². The standard InChI is InChI=1S/C35H27N3O7S2/c1-21-11-17-25(20-29(21)38(40)41)47(42,43)45-24-15-12-22(13-16-24)19-31-34(39)37-33(27-9-5-6-10-30(27)44-2)28-18-14-23-7-3-4-8-26(23)32(28)36-35(37)46-31/h3-13,15-17,19-20,33H,14,18H2,1-2H3/b31-19-/t33-/m1/s1. The average Bonchev–Trinajstić information content (AvgIpc) is 3.38. The maximum Gasteiger partial charge on any atom is 0.339 e. The zero-order valence-electron chi connectivity index (χ0n) is 25.2. The van der Waals surface area contributed by atoms with E-state index in [0.29, 0.717) is 26.2 Å². The fraction of sp³-hybridized carbons (Fsp3) is 0.143. The van der Waals surface area contributed by atoms with Crippen molar-refractivity contribution in [1.29, 1.82) is 0 Å². The first-order valence-corrected chi connectivity index (χ1v) is 16.9. The van der Waals surface area contributed by atoms with Crippen molar-refractivity contribution in [2.75, 3.05) is 7.11 Å². The average molecular weight is 666 g/mol. The quantitative estimate of drug-likeness (QED) is 0.131. The Hall–Kier alpha value is -5.33. The Bertz CT molecular complexity index is 2410. The van der Waals surface area contributed by atoms with Gasteiger partial charge < -0.3 is 8.92 Å². The molecule has 0 saturated carbocycles. The molecule has 0 saturated heterocycles. The van der Waals surface area contributed by atoms with E-state index in [1.807, 2.05) is 36.4 Å². The molecule has 2 heterocycles. The van der Waals surface area contributed by atoms with Gasteiger partial charge in [0, 0.05) is 22.8 Å². The van der Waals surface area contributed by atoms with Crippen LogP contribution in [0.5, 0.6) is 11.5 Å². The molecule has 47 heavy (non-hydrogen) atoms. The van der Waals surface area contributed by atoms with Crippen molar-refractivity contribution in [3.05, 3.63) is 154 Å². The van der Waals surface area contributed by atoms with Crippen molar-refractivity contribution < 1.29 is 22.3 Å². The van der Waals surface area contributed by atoms with Crippen molar-refractivity contribution >= 4 is 38.9 Å². The fourth-order valence-electron chi connectivity index (χ4n) is 6.08. The van der Waals surface area contributed by atoms with E-state index < -0.39 is 21.1 Å². The molecule has 0 radical (unpaired) electrons. The molecule has 1 aliphatic heterocycles. The Morgan fingerprint density at radius 1 is 1.00 bits per heavy atom. The van der Waals surface area contributed by atoms with Gasteiger partial charge in [-0.3, -0.25) is 19.5 Å². The van der Waals surface area contributed by atoms with Gasteiger partial charge in [-0.1, -0.05) is 72.0 Å². The van der Waals surface area contributed by atoms with Crippen LogP contribution in [-0.4, -0.2) is 25.0 Å². The molecule has 236 valence electrons. The van der Waals surface area contributed by atoms with Crippen LogP contribution in [-0.2, 0) is 16.5 Å². The van der Waals surface area contributed by atoms with Crippen molar-refractivity contribution in [2.45, 2.75) is 30.7 Å². The number of thiazole rings is 1. The van der Waals surface area contributed by atoms with Gasteiger partial charge in [0.2, 0.25) is 0 Å². The molecule has 10 nitrogen and oxygen atoms in total. The third-order valence-electron chi connectivity index (χ3n) is 8.36. The summed E-state index contributed by atoms with van der Waals surface area (Å²) in [4.78, 5) is 30.0. The first-order valence-electron chi connectivity index (χ1n) is 14.7. The van der Waals surface area contributed by atoms with Gasteiger partial charge >= 0.3 is 10.1 Å². The summed E-state index contributed by atoms with van der Waals surface area (Å²) < 4.78 is 39.0. The zero-order valence-corrected chi connectivity index (χ0v) is 26.9. The number of allylic oxidation sites excluding steroid dienone is 1. The normalized spacial score (nSPS) is 15.7. The molecule has 2 aliphatic rings. The monoisotopic (exact) mass is 665 g/mol. The van der Waals surface area contributed by atoms with Crippen LogP contribution in [0.4, 0.5) is 5.69 Å². The summed E-state index contributed by atoms with van der Waals surface area (Å²) in [6, 6.07) is 25.4. The number of ether oxygens (including phenoxy) is 1. The van der Waals surface area contributed by atoms with Crippen LogP contribution >= 0.6 is 11.3 Å². The van der Waals surface area contributed by atoms with Gasteiger partial charge in [0.1, 0.15) is 16.4 Å². The Kier molecular flexibility index (Phi) is 7.61. The number of benzene rings is 4. The van der Waals surface area contributed by atoms with Crippen LogP contribution in [0.3, 0.4) is 0 Å². The molecule has 1 aliphatic carbocycles. The minimum absolute atomic E-state index is 0.0225. The molecule has 1 atom stereocenters. The van der Waals surface area contributed by atoms with Gasteiger partial charge in [-0.25, -0.2) is 4.99 Å². The first-order chi connectivity index (χ1) is 22.6. The lowest BCUT2D eigenvalue weighted by Gasteiger charge is -2.31. The highest BCUT2D eigenvalue weighted by atomic mass is 32.2. The van der Waals surface area contributed by atoms with Crippen LogP contribution in [0.15, 0.2) is 111 Å². The van der Waals surface area contributed by atoms with Gasteiger partial charge in [0.05, 0.1) is 28.3 Å². The lowest BCUT2D eigenvalue weighted by Crippen LogP contribution is -2.38. The third-order valence-corrected chi connectivity index (χ3v) is 10.6. The molecule has 0 amide bonds. The van der Waals surface area contributed by atoms with E-state index in [2.05, 4.69) is 12.1 Å². The summed E-state index contributed by atoms with van der Waals surface area (Å²) in [5.74, 6) is 0.708. The van der Waals surface area contributed by atoms with Crippen LogP contribution in [0, 0.1) is 17.0 Å². The van der Waals surface area contributed by atoms with E-state index in [1.54, 1.807) is 29.9 Å². The summed E-state index contributed by atoms with van der Waals surface area (Å²) in [6.07, 6.45) is 3.33. The van der Waals surface area contributed by atoms with Gasteiger partial charge in [0.25, 0.3) is 11.2 Å². The Morgan fingerprint density at radius 3 is 2.51 bits per heavy atom. The van der Waals surface area contributed by atoms with Crippen LogP contribution < -0.4 is 23.8 Å². The number of hydrogen-bond donors (Lipinski definition) is 0.